The van der Waals surface area contributed by atoms with Crippen LogP contribution < -0.4 is 20.3 Å². The van der Waals surface area contributed by atoms with Crippen LogP contribution in [0.4, 0.5) is 11.6 Å². The normalized spacial score (nSPS) is 19.0. The summed E-state index contributed by atoms with van der Waals surface area (Å²) in [6.45, 7) is 0. The van der Waals surface area contributed by atoms with Crippen LogP contribution in [0.5, 0.6) is 17.2 Å². The van der Waals surface area contributed by atoms with E-state index in [4.69, 9.17) is 9.47 Å². The third kappa shape index (κ3) is 3.67. The lowest BCUT2D eigenvalue weighted by Gasteiger charge is -2.33. The summed E-state index contributed by atoms with van der Waals surface area (Å²) in [6, 6.07) is 1.93. The number of aliphatic hydroxyl groups is 1. The molecule has 12 nitrogen and oxygen atoms in total. The van der Waals surface area contributed by atoms with Crippen LogP contribution >= 0.6 is 0 Å². The van der Waals surface area contributed by atoms with Gasteiger partial charge in [0.15, 0.2) is 22.9 Å². The monoisotopic (exact) mass is 514 g/mol. The summed E-state index contributed by atoms with van der Waals surface area (Å²) in [6.07, 6.45) is 13.2. The van der Waals surface area contributed by atoms with Gasteiger partial charge < -0.3 is 29.0 Å². The van der Waals surface area contributed by atoms with E-state index in [-0.39, 0.29) is 17.7 Å². The molecule has 2 N–H and O–H groups in total. The molecule has 5 aromatic heterocycles. The summed E-state index contributed by atoms with van der Waals surface area (Å²) in [4.78, 5) is 26.7. The molecule has 5 aromatic rings. The van der Waals surface area contributed by atoms with E-state index in [9.17, 15) is 9.90 Å². The topological polar surface area (TPSA) is 134 Å². The SMILES string of the molecule is COc1c(Oc2cnn3ccncc23)cnc2nc(Nc3cc(C4CC4)cn(C4CC(O)C4)c3=O)n(C)c12. The molecule has 0 aliphatic heterocycles. The molecule has 2 saturated carbocycles. The molecule has 0 unspecified atom stereocenters. The number of hydrogen-bond donors (Lipinski definition) is 2. The van der Waals surface area contributed by atoms with Gasteiger partial charge >= 0.3 is 0 Å². The van der Waals surface area contributed by atoms with E-state index >= 15 is 0 Å². The maximum atomic E-state index is 13.4. The Morgan fingerprint density at radius 1 is 1.16 bits per heavy atom. The lowest BCUT2D eigenvalue weighted by molar-refractivity contribution is 0.0471. The summed E-state index contributed by atoms with van der Waals surface area (Å²) < 4.78 is 17.1. The fourth-order valence-electron chi connectivity index (χ4n) is 5.05. The fraction of sp³-hybridized carbons (Fsp3) is 0.346. The third-order valence-corrected chi connectivity index (χ3v) is 7.37. The van der Waals surface area contributed by atoms with Crippen molar-refractivity contribution in [1.29, 1.82) is 0 Å². The summed E-state index contributed by atoms with van der Waals surface area (Å²) in [7, 11) is 3.39. The Bertz CT molecular complexity index is 1750. The lowest BCUT2D eigenvalue weighted by Crippen LogP contribution is -2.37. The van der Waals surface area contributed by atoms with Crippen LogP contribution in [-0.4, -0.2) is 52.0 Å². The minimum atomic E-state index is -0.348. The molecule has 0 radical (unpaired) electrons. The van der Waals surface area contributed by atoms with E-state index in [1.165, 1.54) is 0 Å². The number of pyridine rings is 2. The molecule has 38 heavy (non-hydrogen) atoms. The second-order valence-corrected chi connectivity index (χ2v) is 9.92. The highest BCUT2D eigenvalue weighted by atomic mass is 16.5. The Kier molecular flexibility index (Phi) is 5.11. The first kappa shape index (κ1) is 22.7. The summed E-state index contributed by atoms with van der Waals surface area (Å²) in [5, 5.41) is 17.3. The highest BCUT2D eigenvalue weighted by Crippen LogP contribution is 2.42. The van der Waals surface area contributed by atoms with Gasteiger partial charge in [0.05, 0.1) is 31.8 Å². The number of fused-ring (bicyclic) bond motifs is 2. The van der Waals surface area contributed by atoms with Gasteiger partial charge in [0, 0.05) is 31.7 Å². The van der Waals surface area contributed by atoms with Crippen LogP contribution in [0.2, 0.25) is 0 Å². The van der Waals surface area contributed by atoms with Gasteiger partial charge in [0.1, 0.15) is 16.7 Å². The Balaban J connectivity index is 1.27. The van der Waals surface area contributed by atoms with Gasteiger partial charge in [-0.15, -0.1) is 0 Å². The van der Waals surface area contributed by atoms with Gasteiger partial charge in [-0.1, -0.05) is 0 Å². The van der Waals surface area contributed by atoms with Crippen molar-refractivity contribution in [1.82, 2.24) is 33.7 Å². The molecule has 2 aliphatic rings. The van der Waals surface area contributed by atoms with Crippen LogP contribution in [0.1, 0.15) is 43.2 Å². The largest absolute Gasteiger partial charge is 0.491 e. The molecular formula is C26H26N8O4. The van der Waals surface area contributed by atoms with Crippen molar-refractivity contribution in [2.75, 3.05) is 12.4 Å². The van der Waals surface area contributed by atoms with Crippen LogP contribution in [-0.2, 0) is 7.05 Å². The van der Waals surface area contributed by atoms with Gasteiger partial charge in [-0.2, -0.15) is 10.1 Å². The molecule has 2 fully saturated rings. The summed E-state index contributed by atoms with van der Waals surface area (Å²) >= 11 is 0. The van der Waals surface area contributed by atoms with E-state index < -0.39 is 0 Å². The van der Waals surface area contributed by atoms with E-state index in [2.05, 4.69) is 25.4 Å². The van der Waals surface area contributed by atoms with Gasteiger partial charge in [-0.3, -0.25) is 9.78 Å². The number of nitrogens with zero attached hydrogens (tertiary/aromatic N) is 7. The molecule has 2 aliphatic carbocycles. The zero-order valence-corrected chi connectivity index (χ0v) is 20.9. The van der Waals surface area contributed by atoms with Crippen molar-refractivity contribution in [3.05, 3.63) is 59.2 Å². The van der Waals surface area contributed by atoms with Gasteiger partial charge in [-0.05, 0) is 43.2 Å². The van der Waals surface area contributed by atoms with Crippen LogP contribution in [0, 0.1) is 0 Å². The standard InChI is InChI=1S/C26H26N8O4/c1-32-22-23(37-2)21(38-20-12-29-34-6-5-27-10-19(20)34)11-28-24(22)31-26(32)30-18-7-15(14-3-4-14)13-33(25(18)36)16-8-17(35)9-16/h5-7,10-14,16-17,35H,3-4,8-9H2,1-2H3,(H,28,30,31). The van der Waals surface area contributed by atoms with Crippen molar-refractivity contribution in [2.45, 2.75) is 43.7 Å². The van der Waals surface area contributed by atoms with Crippen molar-refractivity contribution in [2.24, 2.45) is 7.05 Å². The Morgan fingerprint density at radius 3 is 2.76 bits per heavy atom. The minimum absolute atomic E-state index is 0.00813. The molecule has 0 saturated heterocycles. The molecule has 0 spiro atoms. The summed E-state index contributed by atoms with van der Waals surface area (Å²) in [5.74, 6) is 2.28. The van der Waals surface area contributed by atoms with Crippen molar-refractivity contribution < 1.29 is 14.6 Å². The van der Waals surface area contributed by atoms with Gasteiger partial charge in [0.25, 0.3) is 5.56 Å². The molecule has 12 heteroatoms. The quantitative estimate of drug-likeness (QED) is 0.336. The first-order valence-corrected chi connectivity index (χ1v) is 12.6. The summed E-state index contributed by atoms with van der Waals surface area (Å²) in [5.41, 5.74) is 3.20. The number of rotatable bonds is 7. The number of aryl methyl sites for hydroxylation is 1. The first-order valence-electron chi connectivity index (χ1n) is 12.6. The second kappa shape index (κ2) is 8.55. The van der Waals surface area contributed by atoms with Crippen LogP contribution in [0.3, 0.4) is 0 Å². The number of hydrogen-bond acceptors (Lipinski definition) is 9. The number of aromatic nitrogens is 7. The number of methoxy groups -OCH3 is 1. The first-order chi connectivity index (χ1) is 18.5. The zero-order chi connectivity index (χ0) is 26.0. The number of anilines is 2. The molecule has 5 heterocycles. The van der Waals surface area contributed by atoms with Gasteiger partial charge in [-0.25, -0.2) is 9.50 Å². The number of imidazole rings is 1. The predicted molar refractivity (Wildman–Crippen MR) is 138 cm³/mol. The van der Waals surface area contributed by atoms with E-state index in [0.29, 0.717) is 64.3 Å². The van der Waals surface area contributed by atoms with E-state index in [0.717, 1.165) is 18.4 Å². The molecule has 194 valence electrons. The van der Waals surface area contributed by atoms with Crippen LogP contribution in [0.15, 0.2) is 48.0 Å². The lowest BCUT2D eigenvalue weighted by atomic mass is 9.89. The van der Waals surface area contributed by atoms with Gasteiger partial charge in [0.2, 0.25) is 5.95 Å². The number of nitrogens with one attached hydrogen (secondary N) is 1. The molecule has 0 aromatic carbocycles. The predicted octanol–water partition coefficient (Wildman–Crippen LogP) is 3.29. The molecule has 0 amide bonds. The Hall–Kier alpha value is -4.45. The Labute approximate surface area is 216 Å². The highest BCUT2D eigenvalue weighted by Gasteiger charge is 2.32. The van der Waals surface area contributed by atoms with E-state index in [1.807, 2.05) is 19.3 Å². The smallest absolute Gasteiger partial charge is 0.274 e. The maximum Gasteiger partial charge on any atom is 0.274 e. The van der Waals surface area contributed by atoms with Crippen LogP contribution in [0.25, 0.3) is 16.7 Å². The third-order valence-electron chi connectivity index (χ3n) is 7.37. The van der Waals surface area contributed by atoms with Crippen molar-refractivity contribution in [3.8, 4) is 17.2 Å². The molecule has 0 atom stereocenters. The average Bonchev–Trinajstić information content (AvgIpc) is 3.61. The number of ether oxygens (including phenoxy) is 2. The van der Waals surface area contributed by atoms with Crippen molar-refractivity contribution >= 4 is 28.3 Å². The van der Waals surface area contributed by atoms with E-state index in [1.54, 1.807) is 51.7 Å². The second-order valence-electron chi connectivity index (χ2n) is 9.92. The number of aliphatic hydroxyl groups excluding tert-OH is 1. The average molecular weight is 515 g/mol. The minimum Gasteiger partial charge on any atom is -0.491 e. The zero-order valence-electron chi connectivity index (χ0n) is 20.9. The molecule has 0 bridgehead atoms. The van der Waals surface area contributed by atoms with Crippen molar-refractivity contribution in [3.63, 3.8) is 0 Å². The maximum absolute atomic E-state index is 13.4. The molecule has 7 rings (SSSR count). The molecular weight excluding hydrogens is 488 g/mol. The highest BCUT2D eigenvalue weighted by molar-refractivity contribution is 5.85. The Morgan fingerprint density at radius 2 is 2.00 bits per heavy atom. The fourth-order valence-corrected chi connectivity index (χ4v) is 5.05.